The van der Waals surface area contributed by atoms with Gasteiger partial charge in [-0.25, -0.2) is 0 Å². The van der Waals surface area contributed by atoms with Gasteiger partial charge in [0.25, 0.3) is 0 Å². The predicted octanol–water partition coefficient (Wildman–Crippen LogP) is -31.1. The van der Waals surface area contributed by atoms with Gasteiger partial charge < -0.3 is 139 Å². The Hall–Kier alpha value is -0.871. The van der Waals surface area contributed by atoms with Gasteiger partial charge in [-0.05, 0) is 0 Å². The van der Waals surface area contributed by atoms with Crippen molar-refractivity contribution in [3.8, 4) is 0 Å². The van der Waals surface area contributed by atoms with E-state index in [9.17, 15) is 119 Å². The van der Waals surface area contributed by atoms with E-state index in [0.717, 1.165) is 0 Å². The number of aliphatic hydroxyl groups is 4. The van der Waals surface area contributed by atoms with E-state index in [0.29, 0.717) is 0 Å². The van der Waals surface area contributed by atoms with Crippen molar-refractivity contribution in [1.29, 1.82) is 0 Å². The fraction of sp³-hybridized carbons (Fsp3) is 0.500. The molecule has 0 heterocycles. The van der Waals surface area contributed by atoms with E-state index in [2.05, 4.69) is 0 Å². The number of rotatable bonds is 20. The first kappa shape index (κ1) is 81.0. The normalized spacial score (nSPS) is 9.72. The van der Waals surface area contributed by atoms with Gasteiger partial charge in [0.1, 0.15) is 22.4 Å². The number of carbonyl (C=O) groups is 12. The summed E-state index contributed by atoms with van der Waals surface area (Å²) in [6, 6.07) is 0. The number of hydrogen-bond acceptors (Lipinski definition) is 28. The van der Waals surface area contributed by atoms with Gasteiger partial charge in [0.05, 0.1) is 23.9 Å². The third kappa shape index (κ3) is 40.5. The quantitative estimate of drug-likeness (QED) is 0.0822. The summed E-state index contributed by atoms with van der Waals surface area (Å²) in [6.45, 7) is 0. The van der Waals surface area contributed by atoms with Crippen LogP contribution in [0.2, 0.25) is 0 Å². The van der Waals surface area contributed by atoms with Gasteiger partial charge in [-0.15, -0.1) is 0 Å². The minimum Gasteiger partial charge on any atom is -0.550 e. The van der Waals surface area contributed by atoms with Gasteiger partial charge in [-0.1, -0.05) is 0 Å². The molecule has 0 aliphatic carbocycles. The first-order valence-electron chi connectivity index (χ1n) is 12.5. The maximum atomic E-state index is 10.1. The molecule has 58 heavy (non-hydrogen) atoms. The van der Waals surface area contributed by atoms with Crippen LogP contribution >= 0.6 is 0 Å². The monoisotopic (exact) mass is 1450 g/mol. The second-order valence-electron chi connectivity index (χ2n) is 9.67. The van der Waals surface area contributed by atoms with E-state index in [-0.39, 0.29) is 167 Å². The molecule has 0 bridgehead atoms. The summed E-state index contributed by atoms with van der Waals surface area (Å²) in [5, 5.41) is 156. The second-order valence-corrected chi connectivity index (χ2v) is 9.67. The molecule has 0 saturated carbocycles. The first-order valence-corrected chi connectivity index (χ1v) is 12.5. The van der Waals surface area contributed by atoms with Crippen LogP contribution in [0.5, 0.6) is 0 Å². The van der Waals surface area contributed by atoms with Crippen molar-refractivity contribution >= 4 is 150 Å². The molecule has 0 rings (SSSR count). The van der Waals surface area contributed by atoms with Crippen LogP contribution in [0, 0.1) is 0 Å². The number of carboxylic acids is 12. The Kier molecular flexibility index (Phi) is 52.9. The Morgan fingerprint density at radius 2 is 0.328 bits per heavy atom. The molecule has 0 unspecified atom stereocenters. The molecule has 302 valence electrons. The van der Waals surface area contributed by atoms with Crippen molar-refractivity contribution in [3.05, 3.63) is 0 Å². The number of aliphatic carboxylic acids is 12. The van der Waals surface area contributed by atoms with E-state index >= 15 is 0 Å². The molecule has 0 aromatic heterocycles. The van der Waals surface area contributed by atoms with E-state index in [1.165, 1.54) is 0 Å². The predicted molar refractivity (Wildman–Crippen MR) is 134 cm³/mol. The van der Waals surface area contributed by atoms with Crippen LogP contribution in [0.3, 0.4) is 0 Å². The summed E-state index contributed by atoms with van der Waals surface area (Å²) in [4.78, 5) is 120. The molecule has 28 nitrogen and oxygen atoms in total. The van der Waals surface area contributed by atoms with Gasteiger partial charge >= 0.3 is 167 Å². The third-order valence-corrected chi connectivity index (χ3v) is 5.01. The topological polar surface area (TPSA) is 562 Å². The van der Waals surface area contributed by atoms with Crippen molar-refractivity contribution in [2.45, 2.75) is 73.8 Å². The summed E-state index contributed by atoms with van der Waals surface area (Å²) >= 11 is 0. The summed E-state index contributed by atoms with van der Waals surface area (Å²) in [5.41, 5.74) is -11.9. The fourth-order valence-corrected chi connectivity index (χ4v) is 2.74. The molecule has 0 aromatic carbocycles. The summed E-state index contributed by atoms with van der Waals surface area (Å²) < 4.78 is 0. The minimum atomic E-state index is -2.97. The Morgan fingerprint density at radius 1 is 0.259 bits per heavy atom. The summed E-state index contributed by atoms with van der Waals surface area (Å²) in [5.74, 6) is -23.9. The van der Waals surface area contributed by atoms with Crippen LogP contribution in [-0.4, -0.2) is 193 Å². The van der Waals surface area contributed by atoms with Crippen molar-refractivity contribution in [1.82, 2.24) is 0 Å². The van der Waals surface area contributed by atoms with Gasteiger partial charge in [0.15, 0.2) is 0 Å². The zero-order chi connectivity index (χ0) is 42.6. The van der Waals surface area contributed by atoms with Crippen LogP contribution < -0.4 is 150 Å². The van der Waals surface area contributed by atoms with E-state index in [1.807, 2.05) is 0 Å². The molecule has 0 saturated heterocycles. The van der Waals surface area contributed by atoms with Crippen LogP contribution in [0.15, 0.2) is 0 Å². The average Bonchev–Trinajstić information content (AvgIpc) is 2.85. The molecule has 0 aromatic rings. The molecule has 4 N–H and O–H groups in total. The molecule has 34 heteroatoms. The van der Waals surface area contributed by atoms with Gasteiger partial charge in [-0.2, -0.15) is 0 Å². The van der Waals surface area contributed by atoms with Crippen LogP contribution in [-0.2, 0) is 57.5 Å². The molecule has 0 aliphatic rings. The van der Waals surface area contributed by atoms with Crippen LogP contribution in [0.4, 0.5) is 0 Å². The third-order valence-electron chi connectivity index (χ3n) is 5.01. The van der Waals surface area contributed by atoms with Crippen LogP contribution in [0.25, 0.3) is 0 Å². The summed E-state index contributed by atoms with van der Waals surface area (Å²) in [7, 11) is 0. The molecular weight excluding hydrogens is 1430 g/mol. The van der Waals surface area contributed by atoms with Gasteiger partial charge in [0.2, 0.25) is 0 Å². The zero-order valence-electron chi connectivity index (χ0n) is 29.6. The Balaban J connectivity index is -0.0000000640. The van der Waals surface area contributed by atoms with Gasteiger partial charge in [0, 0.05) is 99.1 Å². The van der Waals surface area contributed by atoms with E-state index in [1.54, 1.807) is 0 Å². The SMILES string of the molecule is O=C([O-])CC(O)(CC(=O)[O-])C(=O)[O-].O=C([O-])CC(O)(CC(=O)[O-])C(=O)[O-].O=C([O-])CC(O)(CC(=O)[O-])C(=O)[O-].O=C([O-])CC(O)(CC(=O)[O-])C(=O)[O-].[Bi+3].[Bi+3].[Bi+3].[Na+].[Na+].[Na+]. The molecule has 0 amide bonds. The summed E-state index contributed by atoms with van der Waals surface area (Å²) in [6.07, 6.45) is -10.9. The molecule has 0 atom stereocenters. The number of carbonyl (C=O) groups excluding carboxylic acids is 12. The fourth-order valence-electron chi connectivity index (χ4n) is 2.74. The second kappa shape index (κ2) is 37.9. The molecule has 6 radical (unpaired) electrons. The Morgan fingerprint density at radius 3 is 0.362 bits per heavy atom. The van der Waals surface area contributed by atoms with Crippen molar-refractivity contribution in [2.75, 3.05) is 0 Å². The maximum absolute atomic E-state index is 10.1. The zero-order valence-corrected chi connectivity index (χ0v) is 46.0. The van der Waals surface area contributed by atoms with Crippen molar-refractivity contribution in [2.24, 2.45) is 0 Å². The van der Waals surface area contributed by atoms with E-state index < -0.39 is 145 Å². The first-order chi connectivity index (χ1) is 23.1. The molecule has 0 fully saturated rings. The standard InChI is InChI=1S/4C6H8O7.3Bi.3Na/c4*7-3(8)1-6(13,5(11)12)2-4(9)10;;;;;;/h4*13H,1-2H2,(H,7,8)(H,9,10)(H,11,12);;;;;;/q;;;;3*+3;3*+1/p-12. The van der Waals surface area contributed by atoms with Crippen LogP contribution in [0.1, 0.15) is 51.4 Å². The largest absolute Gasteiger partial charge is 3.00 e. The maximum Gasteiger partial charge on any atom is 3.00 e. The van der Waals surface area contributed by atoms with E-state index in [4.69, 9.17) is 20.4 Å². The van der Waals surface area contributed by atoms with Crippen molar-refractivity contribution in [3.63, 3.8) is 0 Å². The Bertz CT molecular complexity index is 1150. The molecular formula is C24H20Bi3Na3O28. The Labute approximate surface area is 446 Å². The smallest absolute Gasteiger partial charge is 0.550 e. The minimum absolute atomic E-state index is 0. The number of carboxylic acid groups (broad SMARTS) is 12. The molecule has 0 spiro atoms. The van der Waals surface area contributed by atoms with Gasteiger partial charge in [-0.3, -0.25) is 0 Å². The molecule has 0 aliphatic heterocycles. The van der Waals surface area contributed by atoms with Crippen molar-refractivity contribution < 1.29 is 228 Å². The number of hydrogen-bond donors (Lipinski definition) is 4. The average molecular weight is 1450 g/mol.